The van der Waals surface area contributed by atoms with Crippen LogP contribution in [0.2, 0.25) is 0 Å². The van der Waals surface area contributed by atoms with Crippen LogP contribution in [0.5, 0.6) is 5.75 Å². The molecule has 0 aliphatic carbocycles. The molecule has 28 heavy (non-hydrogen) atoms. The highest BCUT2D eigenvalue weighted by Crippen LogP contribution is 2.14. The first-order valence-corrected chi connectivity index (χ1v) is 9.93. The van der Waals surface area contributed by atoms with Crippen LogP contribution in [0.25, 0.3) is 0 Å². The minimum Gasteiger partial charge on any atom is -0.492 e. The predicted octanol–water partition coefficient (Wildman–Crippen LogP) is 2.11. The molecule has 1 aromatic carbocycles. The molecular formula is C20H35IN4O3. The lowest BCUT2D eigenvalue weighted by Gasteiger charge is -2.26. The third-order valence-corrected chi connectivity index (χ3v) is 4.19. The highest BCUT2D eigenvalue weighted by atomic mass is 127. The molecule has 1 saturated heterocycles. The average molecular weight is 506 g/mol. The molecule has 1 aliphatic heterocycles. The Bertz CT molecular complexity index is 554. The monoisotopic (exact) mass is 506 g/mol. The largest absolute Gasteiger partial charge is 0.492 e. The zero-order chi connectivity index (χ0) is 19.2. The van der Waals surface area contributed by atoms with E-state index in [1.54, 1.807) is 0 Å². The number of ether oxygens (including phenoxy) is 3. The summed E-state index contributed by atoms with van der Waals surface area (Å²) in [5, 5.41) is 6.53. The van der Waals surface area contributed by atoms with Gasteiger partial charge in [0, 0.05) is 39.3 Å². The van der Waals surface area contributed by atoms with Crippen LogP contribution in [0.15, 0.2) is 29.3 Å². The summed E-state index contributed by atoms with van der Waals surface area (Å²) in [7, 11) is 0. The van der Waals surface area contributed by atoms with Gasteiger partial charge in [-0.1, -0.05) is 12.1 Å². The Labute approximate surface area is 186 Å². The Morgan fingerprint density at radius 2 is 2.00 bits per heavy atom. The summed E-state index contributed by atoms with van der Waals surface area (Å²) < 4.78 is 16.6. The molecule has 7 nitrogen and oxygen atoms in total. The van der Waals surface area contributed by atoms with Crippen molar-refractivity contribution >= 4 is 29.9 Å². The van der Waals surface area contributed by atoms with E-state index in [9.17, 15) is 0 Å². The van der Waals surface area contributed by atoms with Gasteiger partial charge in [-0.25, -0.2) is 4.99 Å². The minimum atomic E-state index is 0. The average Bonchev–Trinajstić information content (AvgIpc) is 2.70. The maximum absolute atomic E-state index is 5.92. The van der Waals surface area contributed by atoms with Gasteiger partial charge in [-0.05, 0) is 31.5 Å². The first kappa shape index (κ1) is 24.9. The van der Waals surface area contributed by atoms with Crippen LogP contribution in [0.1, 0.15) is 19.4 Å². The Hall–Kier alpha value is -1.10. The topological polar surface area (TPSA) is 67.4 Å². The van der Waals surface area contributed by atoms with Crippen molar-refractivity contribution in [3.8, 4) is 5.75 Å². The second-order valence-electron chi connectivity index (χ2n) is 6.27. The van der Waals surface area contributed by atoms with Gasteiger partial charge in [0.25, 0.3) is 0 Å². The zero-order valence-electron chi connectivity index (χ0n) is 17.1. The van der Waals surface area contributed by atoms with Crippen LogP contribution >= 0.6 is 24.0 Å². The number of hydrogen-bond donors (Lipinski definition) is 2. The highest BCUT2D eigenvalue weighted by molar-refractivity contribution is 14.0. The number of halogens is 1. The molecule has 0 aromatic heterocycles. The molecule has 0 unspecified atom stereocenters. The Kier molecular flexibility index (Phi) is 14.1. The predicted molar refractivity (Wildman–Crippen MR) is 124 cm³/mol. The Balaban J connectivity index is 0.00000392. The van der Waals surface area contributed by atoms with E-state index in [0.717, 1.165) is 69.8 Å². The van der Waals surface area contributed by atoms with Gasteiger partial charge in [0.15, 0.2) is 5.96 Å². The van der Waals surface area contributed by atoms with Crippen molar-refractivity contribution in [2.75, 3.05) is 65.8 Å². The number of hydrogen-bond acceptors (Lipinski definition) is 5. The molecule has 1 aliphatic rings. The van der Waals surface area contributed by atoms with Crippen LogP contribution in [0, 0.1) is 0 Å². The van der Waals surface area contributed by atoms with Gasteiger partial charge >= 0.3 is 0 Å². The third kappa shape index (κ3) is 10.4. The van der Waals surface area contributed by atoms with E-state index in [-0.39, 0.29) is 24.0 Å². The first-order chi connectivity index (χ1) is 13.3. The molecule has 0 bridgehead atoms. The number of rotatable bonds is 11. The lowest BCUT2D eigenvalue weighted by Crippen LogP contribution is -2.39. The molecule has 0 radical (unpaired) electrons. The summed E-state index contributed by atoms with van der Waals surface area (Å²) in [4.78, 5) is 7.01. The quantitative estimate of drug-likeness (QED) is 0.208. The summed E-state index contributed by atoms with van der Waals surface area (Å²) >= 11 is 0. The van der Waals surface area contributed by atoms with E-state index < -0.39 is 0 Å². The molecular weight excluding hydrogens is 471 g/mol. The standard InChI is InChI=1S/C20H34N4O3.HI/c1-3-21-20(22-8-12-25-4-2)23-17-18-6-5-7-19(16-18)27-15-11-24-9-13-26-14-10-24;/h5-7,16H,3-4,8-15,17H2,1-2H3,(H2,21,22,23);1H. The van der Waals surface area contributed by atoms with E-state index in [0.29, 0.717) is 19.8 Å². The smallest absolute Gasteiger partial charge is 0.191 e. The van der Waals surface area contributed by atoms with Crippen molar-refractivity contribution in [2.45, 2.75) is 20.4 Å². The molecule has 8 heteroatoms. The van der Waals surface area contributed by atoms with Crippen molar-refractivity contribution in [3.05, 3.63) is 29.8 Å². The number of nitrogens with zero attached hydrogens (tertiary/aromatic N) is 2. The molecule has 2 N–H and O–H groups in total. The number of benzene rings is 1. The van der Waals surface area contributed by atoms with Crippen LogP contribution in [0.3, 0.4) is 0 Å². The van der Waals surface area contributed by atoms with Gasteiger partial charge in [-0.15, -0.1) is 24.0 Å². The Morgan fingerprint density at radius 1 is 1.18 bits per heavy atom. The fraction of sp³-hybridized carbons (Fsp3) is 0.650. The molecule has 1 fully saturated rings. The lowest BCUT2D eigenvalue weighted by molar-refractivity contribution is 0.0322. The maximum Gasteiger partial charge on any atom is 0.191 e. The maximum atomic E-state index is 5.92. The zero-order valence-corrected chi connectivity index (χ0v) is 19.4. The van der Waals surface area contributed by atoms with Crippen LogP contribution < -0.4 is 15.4 Å². The van der Waals surface area contributed by atoms with E-state index in [1.165, 1.54) is 0 Å². The summed E-state index contributed by atoms with van der Waals surface area (Å²) in [5.41, 5.74) is 1.13. The Morgan fingerprint density at radius 3 is 2.75 bits per heavy atom. The normalized spacial score (nSPS) is 15.0. The second kappa shape index (κ2) is 15.8. The highest BCUT2D eigenvalue weighted by Gasteiger charge is 2.09. The molecule has 0 spiro atoms. The number of morpholine rings is 1. The SMILES string of the molecule is CCNC(=NCc1cccc(OCCN2CCOCC2)c1)NCCOCC.I. The minimum absolute atomic E-state index is 0. The third-order valence-electron chi connectivity index (χ3n) is 4.19. The van der Waals surface area contributed by atoms with Crippen molar-refractivity contribution in [1.82, 2.24) is 15.5 Å². The number of guanidine groups is 1. The van der Waals surface area contributed by atoms with Crippen molar-refractivity contribution < 1.29 is 14.2 Å². The van der Waals surface area contributed by atoms with Gasteiger partial charge in [-0.3, -0.25) is 4.90 Å². The molecule has 2 rings (SSSR count). The van der Waals surface area contributed by atoms with Crippen molar-refractivity contribution in [2.24, 2.45) is 4.99 Å². The molecule has 0 saturated carbocycles. The van der Waals surface area contributed by atoms with Crippen LogP contribution in [-0.4, -0.2) is 76.6 Å². The second-order valence-corrected chi connectivity index (χ2v) is 6.27. The van der Waals surface area contributed by atoms with E-state index in [1.807, 2.05) is 19.1 Å². The van der Waals surface area contributed by atoms with E-state index >= 15 is 0 Å². The van der Waals surface area contributed by atoms with Crippen LogP contribution in [0.4, 0.5) is 0 Å². The van der Waals surface area contributed by atoms with E-state index in [4.69, 9.17) is 14.2 Å². The molecule has 1 heterocycles. The van der Waals surface area contributed by atoms with Crippen molar-refractivity contribution in [1.29, 1.82) is 0 Å². The van der Waals surface area contributed by atoms with Crippen molar-refractivity contribution in [3.63, 3.8) is 0 Å². The number of aliphatic imine (C=N–C) groups is 1. The van der Waals surface area contributed by atoms with Gasteiger partial charge in [0.05, 0.1) is 26.4 Å². The molecule has 0 atom stereocenters. The van der Waals surface area contributed by atoms with Gasteiger partial charge in [0.2, 0.25) is 0 Å². The van der Waals surface area contributed by atoms with Crippen LogP contribution in [-0.2, 0) is 16.0 Å². The summed E-state index contributed by atoms with van der Waals surface area (Å²) in [6, 6.07) is 8.15. The summed E-state index contributed by atoms with van der Waals surface area (Å²) in [5.74, 6) is 1.70. The van der Waals surface area contributed by atoms with Gasteiger partial charge < -0.3 is 24.8 Å². The molecule has 160 valence electrons. The number of nitrogens with one attached hydrogen (secondary N) is 2. The summed E-state index contributed by atoms with van der Waals surface area (Å²) in [6.45, 7) is 12.9. The van der Waals surface area contributed by atoms with Gasteiger partial charge in [0.1, 0.15) is 12.4 Å². The molecule has 0 amide bonds. The molecule has 1 aromatic rings. The lowest BCUT2D eigenvalue weighted by atomic mass is 10.2. The fourth-order valence-electron chi connectivity index (χ4n) is 2.75. The van der Waals surface area contributed by atoms with E-state index in [2.05, 4.69) is 39.6 Å². The first-order valence-electron chi connectivity index (χ1n) is 9.93. The van der Waals surface area contributed by atoms with Gasteiger partial charge in [-0.2, -0.15) is 0 Å². The summed E-state index contributed by atoms with van der Waals surface area (Å²) in [6.07, 6.45) is 0. The fourth-order valence-corrected chi connectivity index (χ4v) is 2.75.